The Balaban J connectivity index is 2.36. The van der Waals surface area contributed by atoms with Gasteiger partial charge >= 0.3 is 5.97 Å². The van der Waals surface area contributed by atoms with E-state index in [-0.39, 0.29) is 17.3 Å². The fourth-order valence-electron chi connectivity index (χ4n) is 1.91. The predicted octanol–water partition coefficient (Wildman–Crippen LogP) is 2.05. The lowest BCUT2D eigenvalue weighted by Gasteiger charge is -1.97. The number of nitrogens with zero attached hydrogens (tertiary/aromatic N) is 2. The maximum Gasteiger partial charge on any atom is 0.354 e. The van der Waals surface area contributed by atoms with Gasteiger partial charge in [-0.3, -0.25) is 4.40 Å². The molecule has 0 aliphatic heterocycles. The summed E-state index contributed by atoms with van der Waals surface area (Å²) in [7, 11) is 0. The number of aromatic nitrogens is 2. The number of halogens is 1. The van der Waals surface area contributed by atoms with E-state index in [1.165, 1.54) is 22.7 Å². The summed E-state index contributed by atoms with van der Waals surface area (Å²) in [5.41, 5.74) is 0.705. The van der Waals surface area contributed by atoms with E-state index in [0.29, 0.717) is 5.69 Å². The van der Waals surface area contributed by atoms with Crippen LogP contribution in [0.2, 0.25) is 0 Å². The molecule has 1 aliphatic rings. The molecule has 0 aromatic carbocycles. The van der Waals surface area contributed by atoms with Gasteiger partial charge in [-0.1, -0.05) is 0 Å². The fourth-order valence-corrected chi connectivity index (χ4v) is 1.91. The highest BCUT2D eigenvalue weighted by Gasteiger charge is 2.33. The van der Waals surface area contributed by atoms with Crippen LogP contribution in [0.4, 0.5) is 4.39 Å². The minimum absolute atomic E-state index is 0.0944. The molecule has 0 spiro atoms. The normalized spacial score (nSPS) is 15.6. The largest absolute Gasteiger partial charge is 0.477 e. The molecule has 2 heterocycles. The first-order chi connectivity index (χ1) is 7.68. The van der Waals surface area contributed by atoms with E-state index in [0.717, 1.165) is 12.8 Å². The van der Waals surface area contributed by atoms with Crippen molar-refractivity contribution in [2.45, 2.75) is 18.8 Å². The zero-order valence-corrected chi connectivity index (χ0v) is 8.35. The summed E-state index contributed by atoms with van der Waals surface area (Å²) in [5, 5.41) is 9.14. The van der Waals surface area contributed by atoms with Gasteiger partial charge in [-0.15, -0.1) is 0 Å². The zero-order valence-electron chi connectivity index (χ0n) is 8.35. The predicted molar refractivity (Wildman–Crippen MR) is 54.1 cm³/mol. The Kier molecular flexibility index (Phi) is 1.77. The number of aromatic carboxylic acids is 1. The third-order valence-electron chi connectivity index (χ3n) is 2.80. The second-order valence-electron chi connectivity index (χ2n) is 3.97. The number of pyridine rings is 1. The summed E-state index contributed by atoms with van der Waals surface area (Å²) < 4.78 is 14.8. The number of imidazole rings is 1. The van der Waals surface area contributed by atoms with Gasteiger partial charge in [0.2, 0.25) is 0 Å². The van der Waals surface area contributed by atoms with Crippen LogP contribution in [0.3, 0.4) is 0 Å². The number of carbonyl (C=O) groups is 1. The SMILES string of the molecule is O=C(O)c1c(C2CC2)nc2c(F)cccn12. The van der Waals surface area contributed by atoms with Crippen molar-refractivity contribution >= 4 is 11.6 Å². The summed E-state index contributed by atoms with van der Waals surface area (Å²) in [6, 6.07) is 2.76. The molecule has 1 fully saturated rings. The first-order valence-electron chi connectivity index (χ1n) is 5.08. The van der Waals surface area contributed by atoms with Crippen LogP contribution in [0.1, 0.15) is 34.9 Å². The van der Waals surface area contributed by atoms with Crippen LogP contribution < -0.4 is 0 Å². The van der Waals surface area contributed by atoms with Crippen LogP contribution in [0.15, 0.2) is 18.3 Å². The van der Waals surface area contributed by atoms with Gasteiger partial charge in [-0.2, -0.15) is 0 Å². The molecule has 0 amide bonds. The van der Waals surface area contributed by atoms with Crippen molar-refractivity contribution in [2.75, 3.05) is 0 Å². The molecule has 2 aromatic rings. The number of hydrogen-bond acceptors (Lipinski definition) is 2. The van der Waals surface area contributed by atoms with Gasteiger partial charge in [-0.05, 0) is 25.0 Å². The van der Waals surface area contributed by atoms with E-state index in [9.17, 15) is 9.18 Å². The summed E-state index contributed by atoms with van der Waals surface area (Å²) in [4.78, 5) is 15.3. The highest BCUT2D eigenvalue weighted by atomic mass is 19.1. The Hall–Kier alpha value is -1.91. The molecule has 4 nitrogen and oxygen atoms in total. The van der Waals surface area contributed by atoms with E-state index in [1.54, 1.807) is 0 Å². The average molecular weight is 220 g/mol. The van der Waals surface area contributed by atoms with Gasteiger partial charge in [0.05, 0.1) is 5.69 Å². The molecule has 16 heavy (non-hydrogen) atoms. The van der Waals surface area contributed by atoms with Crippen molar-refractivity contribution in [3.8, 4) is 0 Å². The van der Waals surface area contributed by atoms with Crippen molar-refractivity contribution in [3.05, 3.63) is 35.5 Å². The second kappa shape index (κ2) is 3.04. The number of hydrogen-bond donors (Lipinski definition) is 1. The maximum atomic E-state index is 13.5. The molecule has 0 radical (unpaired) electrons. The second-order valence-corrected chi connectivity index (χ2v) is 3.97. The summed E-state index contributed by atoms with van der Waals surface area (Å²) in [5.74, 6) is -1.36. The summed E-state index contributed by atoms with van der Waals surface area (Å²) in [6.45, 7) is 0. The molecule has 2 aromatic heterocycles. The Morgan fingerprint density at radius 1 is 1.56 bits per heavy atom. The molecule has 0 atom stereocenters. The monoisotopic (exact) mass is 220 g/mol. The van der Waals surface area contributed by atoms with E-state index >= 15 is 0 Å². The van der Waals surface area contributed by atoms with Gasteiger partial charge in [0, 0.05) is 12.1 Å². The minimum atomic E-state index is -1.06. The van der Waals surface area contributed by atoms with Crippen LogP contribution in [0.5, 0.6) is 0 Å². The molecular formula is C11H9FN2O2. The van der Waals surface area contributed by atoms with E-state index < -0.39 is 11.8 Å². The highest BCUT2D eigenvalue weighted by Crippen LogP contribution is 2.41. The van der Waals surface area contributed by atoms with Gasteiger partial charge < -0.3 is 5.11 Å². The molecule has 3 rings (SSSR count). The third-order valence-corrected chi connectivity index (χ3v) is 2.80. The minimum Gasteiger partial charge on any atom is -0.477 e. The molecule has 5 heteroatoms. The molecular weight excluding hydrogens is 211 g/mol. The van der Waals surface area contributed by atoms with Crippen molar-refractivity contribution in [1.29, 1.82) is 0 Å². The lowest BCUT2D eigenvalue weighted by molar-refractivity contribution is 0.0688. The Morgan fingerprint density at radius 2 is 2.31 bits per heavy atom. The van der Waals surface area contributed by atoms with Crippen LogP contribution in [-0.2, 0) is 0 Å². The number of rotatable bonds is 2. The Morgan fingerprint density at radius 3 is 2.94 bits per heavy atom. The average Bonchev–Trinajstić information content (AvgIpc) is 2.99. The Labute approximate surface area is 90.3 Å². The van der Waals surface area contributed by atoms with Crippen molar-refractivity contribution in [1.82, 2.24) is 9.38 Å². The molecule has 0 bridgehead atoms. The Bertz CT molecular complexity index is 587. The lowest BCUT2D eigenvalue weighted by Crippen LogP contribution is -2.04. The highest BCUT2D eigenvalue weighted by molar-refractivity contribution is 5.88. The molecule has 1 saturated carbocycles. The van der Waals surface area contributed by atoms with E-state index in [4.69, 9.17) is 5.11 Å². The van der Waals surface area contributed by atoms with Crippen molar-refractivity contribution < 1.29 is 14.3 Å². The molecule has 0 saturated heterocycles. The zero-order chi connectivity index (χ0) is 11.3. The topological polar surface area (TPSA) is 54.6 Å². The summed E-state index contributed by atoms with van der Waals surface area (Å²) in [6.07, 6.45) is 3.40. The maximum absolute atomic E-state index is 13.5. The smallest absolute Gasteiger partial charge is 0.354 e. The molecule has 1 aliphatic carbocycles. The number of fused-ring (bicyclic) bond motifs is 1. The standard InChI is InChI=1S/C11H9FN2O2/c12-7-2-1-5-14-9(11(15)16)8(6-3-4-6)13-10(7)14/h1-2,5-6H,3-4H2,(H,15,16). The molecule has 0 unspecified atom stereocenters. The van der Waals surface area contributed by atoms with Crippen molar-refractivity contribution in [2.24, 2.45) is 0 Å². The first-order valence-corrected chi connectivity index (χ1v) is 5.08. The quantitative estimate of drug-likeness (QED) is 0.842. The first kappa shape index (κ1) is 9.33. The fraction of sp³-hybridized carbons (Fsp3) is 0.273. The summed E-state index contributed by atoms with van der Waals surface area (Å²) >= 11 is 0. The van der Waals surface area contributed by atoms with Crippen LogP contribution >= 0.6 is 0 Å². The van der Waals surface area contributed by atoms with Gasteiger partial charge in [0.1, 0.15) is 0 Å². The number of carboxylic acid groups (broad SMARTS) is 1. The van der Waals surface area contributed by atoms with Crippen LogP contribution in [0, 0.1) is 5.82 Å². The van der Waals surface area contributed by atoms with Crippen LogP contribution in [-0.4, -0.2) is 20.5 Å². The molecule has 82 valence electrons. The van der Waals surface area contributed by atoms with Crippen molar-refractivity contribution in [3.63, 3.8) is 0 Å². The van der Waals surface area contributed by atoms with Crippen LogP contribution in [0.25, 0.3) is 5.65 Å². The van der Waals surface area contributed by atoms with Gasteiger partial charge in [0.25, 0.3) is 0 Å². The number of carboxylic acids is 1. The molecule has 1 N–H and O–H groups in total. The van der Waals surface area contributed by atoms with Gasteiger partial charge in [-0.25, -0.2) is 14.2 Å². The van der Waals surface area contributed by atoms with Gasteiger partial charge in [0.15, 0.2) is 17.2 Å². The van der Waals surface area contributed by atoms with E-state index in [1.807, 2.05) is 0 Å². The van der Waals surface area contributed by atoms with E-state index in [2.05, 4.69) is 4.98 Å². The third kappa shape index (κ3) is 1.21. The lowest BCUT2D eigenvalue weighted by atomic mass is 10.2.